The highest BCUT2D eigenvalue weighted by Crippen LogP contribution is 2.21. The van der Waals surface area contributed by atoms with E-state index in [1.54, 1.807) is 19.1 Å². The molecule has 3 N–H and O–H groups in total. The topological polar surface area (TPSA) is 106 Å². The molecule has 6 nitrogen and oxygen atoms in total. The first-order chi connectivity index (χ1) is 7.61. The van der Waals surface area contributed by atoms with Gasteiger partial charge in [-0.3, -0.25) is 4.72 Å². The normalized spacial score (nSPS) is 12.4. The number of nitrogen functional groups attached to an aromatic ring is 1. The van der Waals surface area contributed by atoms with Gasteiger partial charge in [0, 0.05) is 11.9 Å². The Morgan fingerprint density at radius 2 is 1.82 bits per heavy atom. The second-order valence-corrected chi connectivity index (χ2v) is 8.01. The SMILES string of the molecule is Cc1c(N)cccc1NS(=O)(=O)CS(C)(=O)=O. The molecule has 0 radical (unpaired) electrons. The lowest BCUT2D eigenvalue weighted by molar-refractivity contribution is 0.595. The molecule has 8 heteroatoms. The van der Waals surface area contributed by atoms with Crippen LogP contribution in [0.4, 0.5) is 11.4 Å². The van der Waals surface area contributed by atoms with Crippen LogP contribution < -0.4 is 10.5 Å². The molecule has 0 amide bonds. The molecule has 0 fully saturated rings. The van der Waals surface area contributed by atoms with E-state index in [4.69, 9.17) is 5.73 Å². The zero-order valence-corrected chi connectivity index (χ0v) is 11.1. The number of nitrogens with two attached hydrogens (primary N) is 1. The van der Waals surface area contributed by atoms with Crippen molar-refractivity contribution in [3.8, 4) is 0 Å². The summed E-state index contributed by atoms with van der Waals surface area (Å²) in [6.07, 6.45) is 0.860. The monoisotopic (exact) mass is 278 g/mol. The number of benzene rings is 1. The van der Waals surface area contributed by atoms with Crippen LogP contribution in [0.5, 0.6) is 0 Å². The van der Waals surface area contributed by atoms with Gasteiger partial charge in [-0.15, -0.1) is 0 Å². The molecule has 0 aromatic heterocycles. The quantitative estimate of drug-likeness (QED) is 0.771. The molecule has 0 heterocycles. The van der Waals surface area contributed by atoms with Crippen molar-refractivity contribution < 1.29 is 16.8 Å². The van der Waals surface area contributed by atoms with Gasteiger partial charge in [-0.2, -0.15) is 0 Å². The fourth-order valence-electron chi connectivity index (χ4n) is 1.24. The predicted octanol–water partition coefficient (Wildman–Crippen LogP) is 0.321. The maximum absolute atomic E-state index is 11.5. The average Bonchev–Trinajstić information content (AvgIpc) is 2.08. The Morgan fingerprint density at radius 3 is 2.35 bits per heavy atom. The summed E-state index contributed by atoms with van der Waals surface area (Å²) < 4.78 is 47.2. The third-order valence-corrected chi connectivity index (χ3v) is 5.50. The minimum absolute atomic E-state index is 0.286. The third-order valence-electron chi connectivity index (χ3n) is 2.01. The van der Waals surface area contributed by atoms with Crippen LogP contribution in [-0.4, -0.2) is 28.2 Å². The number of sulfone groups is 1. The van der Waals surface area contributed by atoms with Gasteiger partial charge in [0.15, 0.2) is 14.9 Å². The Kier molecular flexibility index (Phi) is 3.68. The summed E-state index contributed by atoms with van der Waals surface area (Å²) in [6.45, 7) is 1.65. The van der Waals surface area contributed by atoms with E-state index in [1.807, 2.05) is 0 Å². The van der Waals surface area contributed by atoms with Crippen molar-refractivity contribution in [1.29, 1.82) is 0 Å². The number of rotatable bonds is 4. The van der Waals surface area contributed by atoms with E-state index in [1.165, 1.54) is 6.07 Å². The maximum atomic E-state index is 11.5. The van der Waals surface area contributed by atoms with Crippen molar-refractivity contribution in [3.05, 3.63) is 23.8 Å². The lowest BCUT2D eigenvalue weighted by Gasteiger charge is -2.11. The molecule has 0 aliphatic heterocycles. The van der Waals surface area contributed by atoms with Crippen molar-refractivity contribution in [3.63, 3.8) is 0 Å². The van der Waals surface area contributed by atoms with Gasteiger partial charge in [0.1, 0.15) is 0 Å². The first-order valence-corrected chi connectivity index (χ1v) is 8.35. The van der Waals surface area contributed by atoms with Crippen molar-refractivity contribution in [2.45, 2.75) is 6.92 Å². The van der Waals surface area contributed by atoms with Gasteiger partial charge in [-0.1, -0.05) is 6.07 Å². The van der Waals surface area contributed by atoms with Crippen LogP contribution in [-0.2, 0) is 19.9 Å². The van der Waals surface area contributed by atoms with Crippen LogP contribution in [0, 0.1) is 6.92 Å². The van der Waals surface area contributed by atoms with Gasteiger partial charge >= 0.3 is 0 Å². The second-order valence-electron chi connectivity index (χ2n) is 3.78. The highest BCUT2D eigenvalue weighted by Gasteiger charge is 2.18. The van der Waals surface area contributed by atoms with Crippen LogP contribution in [0.1, 0.15) is 5.56 Å². The molecule has 0 saturated heterocycles. The van der Waals surface area contributed by atoms with E-state index >= 15 is 0 Å². The van der Waals surface area contributed by atoms with Crippen molar-refractivity contribution in [2.24, 2.45) is 0 Å². The molecule has 0 unspecified atom stereocenters. The standard InChI is InChI=1S/C9H14N2O4S2/c1-7-8(10)4-3-5-9(7)11-17(14,15)6-16(2,12)13/h3-5,11H,6,10H2,1-2H3. The number of anilines is 2. The van der Waals surface area contributed by atoms with E-state index < -0.39 is 24.9 Å². The van der Waals surface area contributed by atoms with Crippen LogP contribution >= 0.6 is 0 Å². The molecule has 0 atom stereocenters. The third kappa shape index (κ3) is 4.23. The lowest BCUT2D eigenvalue weighted by atomic mass is 10.2. The highest BCUT2D eigenvalue weighted by atomic mass is 32.3. The smallest absolute Gasteiger partial charge is 0.247 e. The minimum Gasteiger partial charge on any atom is -0.398 e. The molecule has 0 aliphatic carbocycles. The van der Waals surface area contributed by atoms with Crippen LogP contribution in [0.15, 0.2) is 18.2 Å². The highest BCUT2D eigenvalue weighted by molar-refractivity contribution is 8.08. The van der Waals surface area contributed by atoms with E-state index in [-0.39, 0.29) is 5.69 Å². The molecule has 0 aliphatic rings. The van der Waals surface area contributed by atoms with E-state index in [0.29, 0.717) is 11.3 Å². The fraction of sp³-hybridized carbons (Fsp3) is 0.333. The maximum Gasteiger partial charge on any atom is 0.247 e. The Balaban J connectivity index is 3.03. The molecule has 1 rings (SSSR count). The summed E-state index contributed by atoms with van der Waals surface area (Å²) in [7, 11) is -7.53. The zero-order valence-electron chi connectivity index (χ0n) is 9.47. The van der Waals surface area contributed by atoms with Gasteiger partial charge in [-0.05, 0) is 24.6 Å². The van der Waals surface area contributed by atoms with Gasteiger partial charge < -0.3 is 5.73 Å². The number of hydrogen-bond donors (Lipinski definition) is 2. The molecule has 1 aromatic rings. The number of nitrogens with one attached hydrogen (secondary N) is 1. The molecule has 0 bridgehead atoms. The first-order valence-electron chi connectivity index (χ1n) is 4.64. The molecule has 0 spiro atoms. The summed E-state index contributed by atoms with van der Waals surface area (Å²) in [4.78, 5) is 0. The van der Waals surface area contributed by atoms with Crippen molar-refractivity contribution in [1.82, 2.24) is 0 Å². The van der Waals surface area contributed by atoms with Gasteiger partial charge in [0.25, 0.3) is 0 Å². The molecule has 17 heavy (non-hydrogen) atoms. The van der Waals surface area contributed by atoms with E-state index in [2.05, 4.69) is 4.72 Å². The molecule has 96 valence electrons. The Labute approximate surface area is 101 Å². The first kappa shape index (κ1) is 13.8. The van der Waals surface area contributed by atoms with Gasteiger partial charge in [0.2, 0.25) is 10.0 Å². The van der Waals surface area contributed by atoms with E-state index in [0.717, 1.165) is 6.26 Å². The Hall–Kier alpha value is -1.28. The van der Waals surface area contributed by atoms with E-state index in [9.17, 15) is 16.8 Å². The molecular formula is C9H14N2O4S2. The van der Waals surface area contributed by atoms with Crippen LogP contribution in [0.2, 0.25) is 0 Å². The molecule has 0 saturated carbocycles. The molecular weight excluding hydrogens is 264 g/mol. The zero-order chi connectivity index (χ0) is 13.3. The summed E-state index contributed by atoms with van der Waals surface area (Å²) in [5, 5.41) is -0.950. The largest absolute Gasteiger partial charge is 0.398 e. The number of hydrogen-bond acceptors (Lipinski definition) is 5. The summed E-state index contributed by atoms with van der Waals surface area (Å²) in [6, 6.07) is 4.73. The summed E-state index contributed by atoms with van der Waals surface area (Å²) in [5.41, 5.74) is 6.89. The van der Waals surface area contributed by atoms with Gasteiger partial charge in [-0.25, -0.2) is 16.8 Å². The lowest BCUT2D eigenvalue weighted by Crippen LogP contribution is -2.22. The second kappa shape index (κ2) is 4.53. The molecule has 1 aromatic carbocycles. The summed E-state index contributed by atoms with van der Waals surface area (Å²) in [5.74, 6) is 0. The Morgan fingerprint density at radius 1 is 1.24 bits per heavy atom. The Bertz CT molecular complexity index is 620. The predicted molar refractivity (Wildman–Crippen MR) is 67.8 cm³/mol. The average molecular weight is 278 g/mol. The minimum atomic E-state index is -3.93. The van der Waals surface area contributed by atoms with Crippen LogP contribution in [0.25, 0.3) is 0 Å². The summed E-state index contributed by atoms with van der Waals surface area (Å²) >= 11 is 0. The van der Waals surface area contributed by atoms with Crippen molar-refractivity contribution >= 4 is 31.2 Å². The van der Waals surface area contributed by atoms with Gasteiger partial charge in [0.05, 0.1) is 5.69 Å². The van der Waals surface area contributed by atoms with Crippen molar-refractivity contribution in [2.75, 3.05) is 21.8 Å². The van der Waals surface area contributed by atoms with Crippen LogP contribution in [0.3, 0.4) is 0 Å². The fourth-order valence-corrected chi connectivity index (χ4v) is 4.29. The number of sulfonamides is 1.